The van der Waals surface area contributed by atoms with Crippen LogP contribution in [0.25, 0.3) is 10.8 Å². The Labute approximate surface area is 118 Å². The summed E-state index contributed by atoms with van der Waals surface area (Å²) in [6.45, 7) is 1.71. The van der Waals surface area contributed by atoms with E-state index in [0.717, 1.165) is 23.9 Å². The van der Waals surface area contributed by atoms with Crippen molar-refractivity contribution < 1.29 is 0 Å². The van der Waals surface area contributed by atoms with Crippen molar-refractivity contribution in [3.05, 3.63) is 71.9 Å². The topological polar surface area (TPSA) is 50.9 Å². The number of nitrogens with one attached hydrogen (secondary N) is 1. The lowest BCUT2D eigenvalue weighted by Gasteiger charge is -2.07. The number of fused-ring (bicyclic) bond motifs is 1. The first-order valence-electron chi connectivity index (χ1n) is 6.71. The third-order valence-corrected chi connectivity index (χ3v) is 3.36. The average Bonchev–Trinajstić information content (AvgIpc) is 2.48. The fourth-order valence-electron chi connectivity index (χ4n) is 2.31. The van der Waals surface area contributed by atoms with Gasteiger partial charge >= 0.3 is 0 Å². The molecule has 0 amide bonds. The predicted octanol–water partition coefficient (Wildman–Crippen LogP) is 3.11. The van der Waals surface area contributed by atoms with E-state index in [0.29, 0.717) is 5.82 Å². The first kappa shape index (κ1) is 12.6. The fraction of sp³-hybridized carbons (Fsp3) is 0.118. The second kappa shape index (κ2) is 5.72. The lowest BCUT2D eigenvalue weighted by Crippen LogP contribution is -2.12. The molecule has 0 aliphatic heterocycles. The Balaban J connectivity index is 1.69. The number of rotatable bonds is 4. The molecular weight excluding hydrogens is 246 g/mol. The van der Waals surface area contributed by atoms with Gasteiger partial charge in [0.15, 0.2) is 0 Å². The minimum Gasteiger partial charge on any atom is -0.383 e. The molecule has 3 N–H and O–H groups in total. The minimum atomic E-state index is 0.589. The molecule has 0 radical (unpaired) electrons. The summed E-state index contributed by atoms with van der Waals surface area (Å²) in [4.78, 5) is 4.10. The molecule has 20 heavy (non-hydrogen) atoms. The SMILES string of the molecule is Nc1nccc2cc(CNCc3ccccc3)ccc12. The van der Waals surface area contributed by atoms with Crippen LogP contribution in [0.1, 0.15) is 11.1 Å². The van der Waals surface area contributed by atoms with Crippen LogP contribution in [0.5, 0.6) is 0 Å². The molecule has 0 atom stereocenters. The molecule has 0 bridgehead atoms. The van der Waals surface area contributed by atoms with Crippen molar-refractivity contribution in [1.29, 1.82) is 0 Å². The summed E-state index contributed by atoms with van der Waals surface area (Å²) < 4.78 is 0. The highest BCUT2D eigenvalue weighted by Gasteiger charge is 2.00. The molecule has 2 aromatic carbocycles. The van der Waals surface area contributed by atoms with Gasteiger partial charge in [-0.15, -0.1) is 0 Å². The summed E-state index contributed by atoms with van der Waals surface area (Å²) in [5.74, 6) is 0.589. The van der Waals surface area contributed by atoms with Gasteiger partial charge in [0.1, 0.15) is 5.82 Å². The van der Waals surface area contributed by atoms with E-state index < -0.39 is 0 Å². The summed E-state index contributed by atoms with van der Waals surface area (Å²) >= 11 is 0. The number of hydrogen-bond donors (Lipinski definition) is 2. The molecule has 1 heterocycles. The Morgan fingerprint density at radius 3 is 2.55 bits per heavy atom. The van der Waals surface area contributed by atoms with Crippen molar-refractivity contribution in [3.63, 3.8) is 0 Å². The first-order valence-corrected chi connectivity index (χ1v) is 6.71. The Kier molecular flexibility index (Phi) is 3.61. The molecule has 0 fully saturated rings. The van der Waals surface area contributed by atoms with E-state index in [2.05, 4.69) is 46.7 Å². The van der Waals surface area contributed by atoms with Crippen molar-refractivity contribution >= 4 is 16.6 Å². The number of nitrogens with zero attached hydrogens (tertiary/aromatic N) is 1. The maximum atomic E-state index is 5.86. The second-order valence-electron chi connectivity index (χ2n) is 4.84. The molecule has 0 saturated carbocycles. The number of nitrogens with two attached hydrogens (primary N) is 1. The maximum absolute atomic E-state index is 5.86. The van der Waals surface area contributed by atoms with E-state index in [9.17, 15) is 0 Å². The number of benzene rings is 2. The van der Waals surface area contributed by atoms with Crippen LogP contribution in [0.2, 0.25) is 0 Å². The zero-order chi connectivity index (χ0) is 13.8. The van der Waals surface area contributed by atoms with Gasteiger partial charge in [-0.3, -0.25) is 0 Å². The van der Waals surface area contributed by atoms with E-state index in [1.165, 1.54) is 11.1 Å². The lowest BCUT2D eigenvalue weighted by molar-refractivity contribution is 0.694. The van der Waals surface area contributed by atoms with Crippen molar-refractivity contribution in [2.75, 3.05) is 5.73 Å². The second-order valence-corrected chi connectivity index (χ2v) is 4.84. The van der Waals surface area contributed by atoms with Crippen molar-refractivity contribution in [2.45, 2.75) is 13.1 Å². The highest BCUT2D eigenvalue weighted by Crippen LogP contribution is 2.19. The van der Waals surface area contributed by atoms with Gasteiger partial charge in [-0.25, -0.2) is 4.98 Å². The minimum absolute atomic E-state index is 0.589. The summed E-state index contributed by atoms with van der Waals surface area (Å²) in [5, 5.41) is 5.60. The highest BCUT2D eigenvalue weighted by atomic mass is 14.8. The zero-order valence-corrected chi connectivity index (χ0v) is 11.2. The highest BCUT2D eigenvalue weighted by molar-refractivity contribution is 5.91. The Morgan fingerprint density at radius 2 is 1.70 bits per heavy atom. The molecule has 100 valence electrons. The smallest absolute Gasteiger partial charge is 0.131 e. The molecule has 3 heteroatoms. The first-order chi connectivity index (χ1) is 9.83. The van der Waals surface area contributed by atoms with Gasteiger partial charge in [-0.1, -0.05) is 42.5 Å². The normalized spacial score (nSPS) is 10.8. The zero-order valence-electron chi connectivity index (χ0n) is 11.2. The Hall–Kier alpha value is -2.39. The molecule has 0 aliphatic carbocycles. The van der Waals surface area contributed by atoms with E-state index in [4.69, 9.17) is 5.73 Å². The molecule has 3 nitrogen and oxygen atoms in total. The van der Waals surface area contributed by atoms with Gasteiger partial charge in [0.2, 0.25) is 0 Å². The fourth-order valence-corrected chi connectivity index (χ4v) is 2.31. The number of nitrogen functional groups attached to an aromatic ring is 1. The molecule has 0 spiro atoms. The average molecular weight is 263 g/mol. The summed E-state index contributed by atoms with van der Waals surface area (Å²) in [6, 6.07) is 18.7. The van der Waals surface area contributed by atoms with Gasteiger partial charge in [-0.2, -0.15) is 0 Å². The van der Waals surface area contributed by atoms with E-state index in [-0.39, 0.29) is 0 Å². The number of pyridine rings is 1. The monoisotopic (exact) mass is 263 g/mol. The van der Waals surface area contributed by atoms with E-state index in [1.54, 1.807) is 6.20 Å². The van der Waals surface area contributed by atoms with Crippen molar-refractivity contribution in [1.82, 2.24) is 10.3 Å². The molecule has 3 aromatic rings. The van der Waals surface area contributed by atoms with Gasteiger partial charge in [0.25, 0.3) is 0 Å². The quantitative estimate of drug-likeness (QED) is 0.760. The van der Waals surface area contributed by atoms with Crippen LogP contribution in [0, 0.1) is 0 Å². The molecule has 3 rings (SSSR count). The van der Waals surface area contributed by atoms with Gasteiger partial charge < -0.3 is 11.1 Å². The molecule has 0 aliphatic rings. The van der Waals surface area contributed by atoms with Crippen molar-refractivity contribution in [3.8, 4) is 0 Å². The maximum Gasteiger partial charge on any atom is 0.131 e. The van der Waals surface area contributed by atoms with Crippen LogP contribution < -0.4 is 11.1 Å². The van der Waals surface area contributed by atoms with E-state index >= 15 is 0 Å². The van der Waals surface area contributed by atoms with Crippen LogP contribution >= 0.6 is 0 Å². The van der Waals surface area contributed by atoms with Gasteiger partial charge in [0.05, 0.1) is 0 Å². The van der Waals surface area contributed by atoms with Crippen LogP contribution in [-0.4, -0.2) is 4.98 Å². The predicted molar refractivity (Wildman–Crippen MR) is 83.1 cm³/mol. The molecular formula is C17H17N3. The van der Waals surface area contributed by atoms with Crippen LogP contribution in [0.3, 0.4) is 0 Å². The summed E-state index contributed by atoms with van der Waals surface area (Å²) in [7, 11) is 0. The molecule has 1 aromatic heterocycles. The summed E-state index contributed by atoms with van der Waals surface area (Å²) in [5.41, 5.74) is 8.40. The van der Waals surface area contributed by atoms with Gasteiger partial charge in [-0.05, 0) is 28.6 Å². The summed E-state index contributed by atoms with van der Waals surface area (Å²) in [6.07, 6.45) is 1.75. The van der Waals surface area contributed by atoms with Crippen LogP contribution in [0.15, 0.2) is 60.8 Å². The van der Waals surface area contributed by atoms with Gasteiger partial charge in [0, 0.05) is 24.7 Å². The number of aromatic nitrogens is 1. The lowest BCUT2D eigenvalue weighted by atomic mass is 10.1. The third kappa shape index (κ3) is 2.78. The third-order valence-electron chi connectivity index (χ3n) is 3.36. The molecule has 0 unspecified atom stereocenters. The largest absolute Gasteiger partial charge is 0.383 e. The van der Waals surface area contributed by atoms with Crippen molar-refractivity contribution in [2.24, 2.45) is 0 Å². The molecule has 0 saturated heterocycles. The van der Waals surface area contributed by atoms with Crippen LogP contribution in [0.4, 0.5) is 5.82 Å². The number of anilines is 1. The standard InChI is InChI=1S/C17H17N3/c18-17-16-7-6-14(10-15(16)8-9-20-17)12-19-11-13-4-2-1-3-5-13/h1-10,19H,11-12H2,(H2,18,20). The van der Waals surface area contributed by atoms with Crippen LogP contribution in [-0.2, 0) is 13.1 Å². The number of hydrogen-bond acceptors (Lipinski definition) is 3. The Morgan fingerprint density at radius 1 is 0.900 bits per heavy atom. The Bertz CT molecular complexity index is 708. The van der Waals surface area contributed by atoms with E-state index in [1.807, 2.05) is 18.2 Å².